The van der Waals surface area contributed by atoms with E-state index in [4.69, 9.17) is 9.47 Å². The van der Waals surface area contributed by atoms with Gasteiger partial charge in [0.25, 0.3) is 0 Å². The number of fused-ring (bicyclic) bond motifs is 1. The monoisotopic (exact) mass is 335 g/mol. The largest absolute Gasteiger partial charge is 0.497 e. The molecule has 25 heavy (non-hydrogen) atoms. The van der Waals surface area contributed by atoms with Gasteiger partial charge in [0, 0.05) is 17.8 Å². The summed E-state index contributed by atoms with van der Waals surface area (Å²) in [5.41, 5.74) is 1.27. The lowest BCUT2D eigenvalue weighted by molar-refractivity contribution is 0.225. The molecule has 0 aliphatic rings. The minimum atomic E-state index is 0.306. The molecule has 0 aromatic heterocycles. The van der Waals surface area contributed by atoms with Gasteiger partial charge in [-0.2, -0.15) is 0 Å². The van der Waals surface area contributed by atoms with Crippen LogP contribution in [0.4, 0.5) is 0 Å². The first-order chi connectivity index (χ1) is 12.2. The molecule has 3 nitrogen and oxygen atoms in total. The average Bonchev–Trinajstić information content (AvgIpc) is 2.65. The maximum atomic E-state index is 6.11. The van der Waals surface area contributed by atoms with Crippen LogP contribution in [0.2, 0.25) is 0 Å². The minimum absolute atomic E-state index is 0.306. The van der Waals surface area contributed by atoms with E-state index in [1.165, 1.54) is 10.9 Å². The number of ether oxygens (including phenoxy) is 2. The number of rotatable bonds is 7. The molecule has 0 N–H and O–H groups in total. The van der Waals surface area contributed by atoms with Gasteiger partial charge in [0.1, 0.15) is 11.5 Å². The van der Waals surface area contributed by atoms with Gasteiger partial charge in [0.15, 0.2) is 0 Å². The lowest BCUT2D eigenvalue weighted by Gasteiger charge is -2.25. The van der Waals surface area contributed by atoms with Crippen LogP contribution in [0.5, 0.6) is 11.5 Å². The molecule has 0 aliphatic carbocycles. The second-order valence-corrected chi connectivity index (χ2v) is 6.37. The topological polar surface area (TPSA) is 21.7 Å². The van der Waals surface area contributed by atoms with E-state index < -0.39 is 0 Å². The molecule has 3 aromatic carbocycles. The van der Waals surface area contributed by atoms with Gasteiger partial charge in [-0.15, -0.1) is 0 Å². The van der Waals surface area contributed by atoms with E-state index in [2.05, 4.69) is 61.5 Å². The van der Waals surface area contributed by atoms with Crippen molar-refractivity contribution in [1.82, 2.24) is 4.90 Å². The zero-order valence-electron chi connectivity index (χ0n) is 15.1. The Morgan fingerprint density at radius 3 is 2.32 bits per heavy atom. The summed E-state index contributed by atoms with van der Waals surface area (Å²) >= 11 is 0. The second kappa shape index (κ2) is 8.04. The zero-order chi connectivity index (χ0) is 17.6. The molecule has 0 saturated carbocycles. The van der Waals surface area contributed by atoms with E-state index in [1.807, 2.05) is 24.3 Å². The summed E-state index contributed by atoms with van der Waals surface area (Å²) in [5.74, 6) is 1.83. The van der Waals surface area contributed by atoms with E-state index in [0.29, 0.717) is 12.6 Å². The van der Waals surface area contributed by atoms with E-state index >= 15 is 0 Å². The summed E-state index contributed by atoms with van der Waals surface area (Å²) in [6.45, 7) is 0.670. The normalized spacial score (nSPS) is 12.3. The molecule has 0 radical (unpaired) electrons. The van der Waals surface area contributed by atoms with Crippen LogP contribution in [0.1, 0.15) is 18.0 Å². The Hall–Kier alpha value is -2.52. The number of nitrogens with zero attached hydrogens (tertiary/aromatic N) is 1. The molecule has 3 aromatic rings. The van der Waals surface area contributed by atoms with Gasteiger partial charge in [-0.3, -0.25) is 0 Å². The maximum Gasteiger partial charge on any atom is 0.127 e. The van der Waals surface area contributed by atoms with E-state index in [-0.39, 0.29) is 0 Å². The summed E-state index contributed by atoms with van der Waals surface area (Å²) in [4.78, 5) is 2.23. The molecule has 130 valence electrons. The standard InChI is InChI=1S/C22H25NO2/c1-23(2)21(18-11-13-19(24-3)14-12-18)15-16-25-22-10-6-8-17-7-4-5-9-20(17)22/h4-14,21H,15-16H2,1-3H3. The van der Waals surface area contributed by atoms with E-state index in [0.717, 1.165) is 23.3 Å². The van der Waals surface area contributed by atoms with Gasteiger partial charge < -0.3 is 14.4 Å². The highest BCUT2D eigenvalue weighted by atomic mass is 16.5. The fourth-order valence-corrected chi connectivity index (χ4v) is 3.15. The van der Waals surface area contributed by atoms with Crippen molar-refractivity contribution in [3.05, 3.63) is 72.3 Å². The predicted molar refractivity (Wildman–Crippen MR) is 103 cm³/mol. The lowest BCUT2D eigenvalue weighted by Crippen LogP contribution is -2.22. The maximum absolute atomic E-state index is 6.11. The summed E-state index contributed by atoms with van der Waals surface area (Å²) in [6.07, 6.45) is 0.919. The van der Waals surface area contributed by atoms with Crippen LogP contribution in [0.15, 0.2) is 66.7 Å². The van der Waals surface area contributed by atoms with Gasteiger partial charge in [-0.05, 0) is 43.2 Å². The first-order valence-electron chi connectivity index (χ1n) is 8.60. The lowest BCUT2D eigenvalue weighted by atomic mass is 10.0. The van der Waals surface area contributed by atoms with Gasteiger partial charge in [-0.1, -0.05) is 48.5 Å². The Morgan fingerprint density at radius 2 is 1.60 bits per heavy atom. The van der Waals surface area contributed by atoms with Gasteiger partial charge in [0.05, 0.1) is 13.7 Å². The highest BCUT2D eigenvalue weighted by Gasteiger charge is 2.14. The van der Waals surface area contributed by atoms with Crippen LogP contribution in [-0.2, 0) is 0 Å². The smallest absolute Gasteiger partial charge is 0.127 e. The number of hydrogen-bond donors (Lipinski definition) is 0. The minimum Gasteiger partial charge on any atom is -0.497 e. The number of benzene rings is 3. The number of methoxy groups -OCH3 is 1. The van der Waals surface area contributed by atoms with E-state index in [1.54, 1.807) is 7.11 Å². The van der Waals surface area contributed by atoms with Gasteiger partial charge >= 0.3 is 0 Å². The quantitative estimate of drug-likeness (QED) is 0.612. The van der Waals surface area contributed by atoms with E-state index in [9.17, 15) is 0 Å². The van der Waals surface area contributed by atoms with Crippen LogP contribution in [0.25, 0.3) is 10.8 Å². The second-order valence-electron chi connectivity index (χ2n) is 6.37. The van der Waals surface area contributed by atoms with Crippen molar-refractivity contribution >= 4 is 10.8 Å². The Labute approximate surface area is 149 Å². The highest BCUT2D eigenvalue weighted by molar-refractivity contribution is 5.88. The molecule has 1 atom stereocenters. The fourth-order valence-electron chi connectivity index (χ4n) is 3.15. The van der Waals surface area contributed by atoms with Crippen molar-refractivity contribution in [2.24, 2.45) is 0 Å². The molecule has 0 spiro atoms. The first-order valence-corrected chi connectivity index (χ1v) is 8.60. The molecule has 0 fully saturated rings. The third kappa shape index (κ3) is 4.12. The summed E-state index contributed by atoms with van der Waals surface area (Å²) in [7, 11) is 5.90. The van der Waals surface area contributed by atoms with Crippen LogP contribution in [0, 0.1) is 0 Å². The Morgan fingerprint density at radius 1 is 0.880 bits per heavy atom. The fraction of sp³-hybridized carbons (Fsp3) is 0.273. The van der Waals surface area contributed by atoms with Gasteiger partial charge in [0.2, 0.25) is 0 Å². The Kier molecular flexibility index (Phi) is 5.56. The van der Waals surface area contributed by atoms with Crippen molar-refractivity contribution in [2.75, 3.05) is 27.8 Å². The van der Waals surface area contributed by atoms with Crippen LogP contribution in [0.3, 0.4) is 0 Å². The molecule has 1 unspecified atom stereocenters. The molecular weight excluding hydrogens is 310 g/mol. The van der Waals surface area contributed by atoms with Crippen LogP contribution < -0.4 is 9.47 Å². The predicted octanol–water partition coefficient (Wildman–Crippen LogP) is 4.92. The zero-order valence-corrected chi connectivity index (χ0v) is 15.1. The molecule has 3 heteroatoms. The molecule has 3 rings (SSSR count). The molecule has 0 saturated heterocycles. The van der Waals surface area contributed by atoms with Crippen LogP contribution in [-0.4, -0.2) is 32.7 Å². The third-order valence-electron chi connectivity index (χ3n) is 4.52. The van der Waals surface area contributed by atoms with Crippen molar-refractivity contribution in [3.63, 3.8) is 0 Å². The van der Waals surface area contributed by atoms with Crippen molar-refractivity contribution in [1.29, 1.82) is 0 Å². The number of hydrogen-bond acceptors (Lipinski definition) is 3. The molecule has 0 amide bonds. The van der Waals surface area contributed by atoms with Crippen molar-refractivity contribution < 1.29 is 9.47 Å². The Bertz CT molecular complexity index is 806. The van der Waals surface area contributed by atoms with Crippen molar-refractivity contribution in [3.8, 4) is 11.5 Å². The Balaban J connectivity index is 1.69. The highest BCUT2D eigenvalue weighted by Crippen LogP contribution is 2.27. The molecule has 0 aliphatic heterocycles. The average molecular weight is 335 g/mol. The molecular formula is C22H25NO2. The summed E-state index contributed by atoms with van der Waals surface area (Å²) in [6, 6.07) is 23.1. The molecule has 0 bridgehead atoms. The SMILES string of the molecule is COc1ccc(C(CCOc2cccc3ccccc23)N(C)C)cc1. The first kappa shape index (κ1) is 17.3. The summed E-state index contributed by atoms with van der Waals surface area (Å²) in [5, 5.41) is 2.37. The molecule has 0 heterocycles. The van der Waals surface area contributed by atoms with Crippen LogP contribution >= 0.6 is 0 Å². The van der Waals surface area contributed by atoms with Gasteiger partial charge in [-0.25, -0.2) is 0 Å². The van der Waals surface area contributed by atoms with Crippen molar-refractivity contribution in [2.45, 2.75) is 12.5 Å². The third-order valence-corrected chi connectivity index (χ3v) is 4.52. The summed E-state index contributed by atoms with van der Waals surface area (Å²) < 4.78 is 11.4.